The molecule has 0 saturated carbocycles. The molecule has 7 heteroatoms. The van der Waals surface area contributed by atoms with Crippen LogP contribution < -0.4 is 15.8 Å². The maximum atomic E-state index is 12.8. The smallest absolute Gasteiger partial charge is 0.270 e. The van der Waals surface area contributed by atoms with Crippen molar-refractivity contribution in [2.45, 2.75) is 32.7 Å². The number of carbonyl (C=O) groups is 1. The summed E-state index contributed by atoms with van der Waals surface area (Å²) in [4.78, 5) is 35.6. The summed E-state index contributed by atoms with van der Waals surface area (Å²) in [6, 6.07) is 18.2. The highest BCUT2D eigenvalue weighted by atomic mass is 32.1. The number of piperidine rings is 1. The molecule has 2 N–H and O–H groups in total. The first-order valence-electron chi connectivity index (χ1n) is 11.7. The standard InChI is InChI=1S/C27H28N4O2S/c1-17-7-6-10-21(15-17)22-16-34-24-23(22)29-27(30-26(24)33)31-13-11-20(12-14-31)25(32)28-18(2)19-8-4-3-5-9-19/h3-10,15-16,18,20H,11-14H2,1-2H3,(H,28,32)(H,29,30,33)/t18-/m1/s1. The van der Waals surface area contributed by atoms with Crippen molar-refractivity contribution in [3.63, 3.8) is 0 Å². The zero-order valence-electron chi connectivity index (χ0n) is 19.4. The highest BCUT2D eigenvalue weighted by molar-refractivity contribution is 7.17. The van der Waals surface area contributed by atoms with Gasteiger partial charge in [-0.3, -0.25) is 14.6 Å². The van der Waals surface area contributed by atoms with Gasteiger partial charge in [0.1, 0.15) is 4.70 Å². The number of hydrogen-bond acceptors (Lipinski definition) is 5. The maximum Gasteiger partial charge on any atom is 0.270 e. The van der Waals surface area contributed by atoms with Crippen molar-refractivity contribution < 1.29 is 4.79 Å². The monoisotopic (exact) mass is 472 g/mol. The number of H-pyrrole nitrogens is 1. The Bertz CT molecular complexity index is 1370. The van der Waals surface area contributed by atoms with Crippen LogP contribution in [0.3, 0.4) is 0 Å². The van der Waals surface area contributed by atoms with Crippen LogP contribution >= 0.6 is 11.3 Å². The second kappa shape index (κ2) is 9.43. The van der Waals surface area contributed by atoms with E-state index >= 15 is 0 Å². The number of anilines is 1. The Labute approximate surface area is 202 Å². The average molecular weight is 473 g/mol. The average Bonchev–Trinajstić information content (AvgIpc) is 3.29. The van der Waals surface area contributed by atoms with Crippen LogP contribution in [0.25, 0.3) is 21.3 Å². The van der Waals surface area contributed by atoms with Gasteiger partial charge in [0.25, 0.3) is 5.56 Å². The highest BCUT2D eigenvalue weighted by Crippen LogP contribution is 2.32. The summed E-state index contributed by atoms with van der Waals surface area (Å²) >= 11 is 1.43. The quantitative estimate of drug-likeness (QED) is 0.426. The van der Waals surface area contributed by atoms with E-state index in [0.29, 0.717) is 23.7 Å². The number of thiophene rings is 1. The van der Waals surface area contributed by atoms with Gasteiger partial charge in [0.05, 0.1) is 11.6 Å². The van der Waals surface area contributed by atoms with Gasteiger partial charge >= 0.3 is 0 Å². The SMILES string of the molecule is Cc1cccc(-c2csc3c(=O)[nH]c(N4CCC(C(=O)N[C@H](C)c5ccccc5)CC4)nc23)c1. The number of nitrogens with zero attached hydrogens (tertiary/aromatic N) is 2. The molecule has 2 aromatic heterocycles. The topological polar surface area (TPSA) is 78.1 Å². The third-order valence-electron chi connectivity index (χ3n) is 6.57. The van der Waals surface area contributed by atoms with Crippen LogP contribution in [-0.2, 0) is 4.79 Å². The minimum atomic E-state index is -0.111. The van der Waals surface area contributed by atoms with Gasteiger partial charge in [0.2, 0.25) is 11.9 Å². The first kappa shape index (κ1) is 22.3. The lowest BCUT2D eigenvalue weighted by Crippen LogP contribution is -2.42. The van der Waals surface area contributed by atoms with Crippen LogP contribution in [-0.4, -0.2) is 29.0 Å². The molecule has 3 heterocycles. The van der Waals surface area contributed by atoms with E-state index in [1.807, 2.05) is 48.7 Å². The van der Waals surface area contributed by atoms with Gasteiger partial charge in [-0.25, -0.2) is 4.98 Å². The van der Waals surface area contributed by atoms with Crippen molar-refractivity contribution >= 4 is 33.4 Å². The molecular weight excluding hydrogens is 444 g/mol. The third kappa shape index (κ3) is 4.48. The van der Waals surface area contributed by atoms with E-state index in [2.05, 4.69) is 40.3 Å². The number of benzene rings is 2. The van der Waals surface area contributed by atoms with Crippen molar-refractivity contribution in [1.29, 1.82) is 0 Å². The van der Waals surface area contributed by atoms with Gasteiger partial charge < -0.3 is 10.2 Å². The van der Waals surface area contributed by atoms with Gasteiger partial charge in [-0.05, 0) is 37.8 Å². The molecular formula is C27H28N4O2S. The molecule has 1 saturated heterocycles. The fourth-order valence-corrected chi connectivity index (χ4v) is 5.50. The lowest BCUT2D eigenvalue weighted by molar-refractivity contribution is -0.126. The molecule has 1 aliphatic rings. The molecule has 6 nitrogen and oxygen atoms in total. The minimum absolute atomic E-state index is 0.0224. The number of fused-ring (bicyclic) bond motifs is 1. The number of aromatic nitrogens is 2. The number of amides is 1. The molecule has 0 bridgehead atoms. The summed E-state index contributed by atoms with van der Waals surface area (Å²) in [7, 11) is 0. The van der Waals surface area contributed by atoms with E-state index in [-0.39, 0.29) is 23.4 Å². The Balaban J connectivity index is 1.30. The molecule has 0 spiro atoms. The lowest BCUT2D eigenvalue weighted by atomic mass is 9.95. The second-order valence-electron chi connectivity index (χ2n) is 8.99. The molecule has 0 aliphatic carbocycles. The number of carbonyl (C=O) groups excluding carboxylic acids is 1. The Kier molecular flexibility index (Phi) is 6.20. The molecule has 174 valence electrons. The van der Waals surface area contributed by atoms with Gasteiger partial charge in [-0.1, -0.05) is 60.2 Å². The minimum Gasteiger partial charge on any atom is -0.349 e. The number of rotatable bonds is 5. The summed E-state index contributed by atoms with van der Waals surface area (Å²) < 4.78 is 0.643. The van der Waals surface area contributed by atoms with Crippen LogP contribution in [0.1, 0.15) is 36.9 Å². The van der Waals surface area contributed by atoms with E-state index in [4.69, 9.17) is 4.98 Å². The van der Waals surface area contributed by atoms with Crippen molar-refractivity contribution in [1.82, 2.24) is 15.3 Å². The number of aryl methyl sites for hydroxylation is 1. The first-order chi connectivity index (χ1) is 16.5. The van der Waals surface area contributed by atoms with E-state index in [9.17, 15) is 9.59 Å². The van der Waals surface area contributed by atoms with E-state index in [0.717, 1.165) is 35.0 Å². The number of aromatic amines is 1. The summed E-state index contributed by atoms with van der Waals surface area (Å²) in [5, 5.41) is 5.16. The molecule has 0 radical (unpaired) electrons. The summed E-state index contributed by atoms with van der Waals surface area (Å²) in [6.45, 7) is 5.43. The normalized spacial score (nSPS) is 15.4. The predicted molar refractivity (Wildman–Crippen MR) is 138 cm³/mol. The zero-order chi connectivity index (χ0) is 23.7. The third-order valence-corrected chi connectivity index (χ3v) is 7.53. The highest BCUT2D eigenvalue weighted by Gasteiger charge is 2.27. The summed E-state index contributed by atoms with van der Waals surface area (Å²) in [6.07, 6.45) is 1.45. The number of hydrogen-bond donors (Lipinski definition) is 2. The fourth-order valence-electron chi connectivity index (χ4n) is 4.59. The van der Waals surface area contributed by atoms with E-state index in [1.165, 1.54) is 16.9 Å². The maximum absolute atomic E-state index is 12.8. The Morgan fingerprint density at radius 2 is 1.91 bits per heavy atom. The van der Waals surface area contributed by atoms with Crippen LogP contribution in [0.5, 0.6) is 0 Å². The largest absolute Gasteiger partial charge is 0.349 e. The van der Waals surface area contributed by atoms with Crippen molar-refractivity contribution in [3.8, 4) is 11.1 Å². The first-order valence-corrected chi connectivity index (χ1v) is 12.6. The van der Waals surface area contributed by atoms with Crippen molar-refractivity contribution in [2.24, 2.45) is 5.92 Å². The van der Waals surface area contributed by atoms with E-state index in [1.54, 1.807) is 0 Å². The van der Waals surface area contributed by atoms with Crippen molar-refractivity contribution in [3.05, 3.63) is 81.5 Å². The predicted octanol–water partition coefficient (Wildman–Crippen LogP) is 5.05. The Hall–Kier alpha value is -3.45. The second-order valence-corrected chi connectivity index (χ2v) is 9.87. The van der Waals surface area contributed by atoms with Crippen LogP contribution in [0.15, 0.2) is 64.8 Å². The van der Waals surface area contributed by atoms with Crippen LogP contribution in [0, 0.1) is 12.8 Å². The molecule has 0 unspecified atom stereocenters. The lowest BCUT2D eigenvalue weighted by Gasteiger charge is -2.32. The molecule has 5 rings (SSSR count). The Morgan fingerprint density at radius 1 is 1.15 bits per heavy atom. The van der Waals surface area contributed by atoms with Crippen molar-refractivity contribution in [2.75, 3.05) is 18.0 Å². The zero-order valence-corrected chi connectivity index (χ0v) is 20.2. The molecule has 1 aliphatic heterocycles. The molecule has 1 atom stereocenters. The molecule has 34 heavy (non-hydrogen) atoms. The number of nitrogens with one attached hydrogen (secondary N) is 2. The van der Waals surface area contributed by atoms with E-state index < -0.39 is 0 Å². The molecule has 1 fully saturated rings. The summed E-state index contributed by atoms with van der Waals surface area (Å²) in [5.74, 6) is 0.635. The molecule has 4 aromatic rings. The van der Waals surface area contributed by atoms with Gasteiger partial charge in [-0.15, -0.1) is 11.3 Å². The van der Waals surface area contributed by atoms with Crippen LogP contribution in [0.4, 0.5) is 5.95 Å². The van der Waals surface area contributed by atoms with Gasteiger partial charge in [-0.2, -0.15) is 0 Å². The van der Waals surface area contributed by atoms with Crippen LogP contribution in [0.2, 0.25) is 0 Å². The molecule has 2 aromatic carbocycles. The van der Waals surface area contributed by atoms with Gasteiger partial charge in [0, 0.05) is 30.0 Å². The summed E-state index contributed by atoms with van der Waals surface area (Å²) in [5.41, 5.74) is 4.96. The Morgan fingerprint density at radius 3 is 2.65 bits per heavy atom. The fraction of sp³-hybridized carbons (Fsp3) is 0.296. The molecule has 1 amide bonds. The van der Waals surface area contributed by atoms with Gasteiger partial charge in [0.15, 0.2) is 0 Å².